The number of likely N-dealkylation sites (tertiary alicyclic amines) is 1. The van der Waals surface area contributed by atoms with Crippen molar-refractivity contribution in [3.05, 3.63) is 35.4 Å². The Balaban J connectivity index is 2.09. The highest BCUT2D eigenvalue weighted by Gasteiger charge is 2.13. The molecule has 0 amide bonds. The van der Waals surface area contributed by atoms with Gasteiger partial charge in [0.2, 0.25) is 0 Å². The molecule has 0 bridgehead atoms. The van der Waals surface area contributed by atoms with Gasteiger partial charge in [-0.15, -0.1) is 0 Å². The van der Waals surface area contributed by atoms with Gasteiger partial charge in [-0.2, -0.15) is 0 Å². The molecule has 0 aromatic heterocycles. The molecular formula is C11H14N2S. The first kappa shape index (κ1) is 9.62. The number of hydrogen-bond acceptors (Lipinski definition) is 2. The van der Waals surface area contributed by atoms with Crippen molar-refractivity contribution in [2.24, 2.45) is 5.73 Å². The number of hydrogen-bond donors (Lipinski definition) is 1. The Labute approximate surface area is 89.7 Å². The third-order valence-electron chi connectivity index (χ3n) is 2.57. The number of benzene rings is 1. The van der Waals surface area contributed by atoms with E-state index in [0.29, 0.717) is 4.99 Å². The Hall–Kier alpha value is -0.930. The van der Waals surface area contributed by atoms with Gasteiger partial charge in [0.05, 0.1) is 0 Å². The Bertz CT molecular complexity index is 345. The predicted molar refractivity (Wildman–Crippen MR) is 62.2 cm³/mol. The van der Waals surface area contributed by atoms with Crippen molar-refractivity contribution in [3.8, 4) is 0 Å². The first-order chi connectivity index (χ1) is 6.75. The predicted octanol–water partition coefficient (Wildman–Crippen LogP) is 1.53. The first-order valence-corrected chi connectivity index (χ1v) is 5.27. The zero-order valence-electron chi connectivity index (χ0n) is 8.07. The average Bonchev–Trinajstić information content (AvgIpc) is 2.12. The molecule has 1 aliphatic heterocycles. The monoisotopic (exact) mass is 206 g/mol. The van der Waals surface area contributed by atoms with Gasteiger partial charge in [0.25, 0.3) is 0 Å². The molecule has 74 valence electrons. The standard InChI is InChI=1S/C11H14N2S/c12-11(14)10-4-1-3-9(7-10)8-13-5-2-6-13/h1,3-4,7H,2,5-6,8H2,(H2,12,14). The van der Waals surface area contributed by atoms with E-state index in [9.17, 15) is 0 Å². The summed E-state index contributed by atoms with van der Waals surface area (Å²) in [6.45, 7) is 3.46. The Morgan fingerprint density at radius 1 is 1.43 bits per heavy atom. The van der Waals surface area contributed by atoms with Crippen LogP contribution in [0.1, 0.15) is 17.5 Å². The minimum Gasteiger partial charge on any atom is -0.389 e. The summed E-state index contributed by atoms with van der Waals surface area (Å²) in [5, 5.41) is 0. The van der Waals surface area contributed by atoms with Gasteiger partial charge in [-0.1, -0.05) is 30.4 Å². The van der Waals surface area contributed by atoms with E-state index >= 15 is 0 Å². The second kappa shape index (κ2) is 4.07. The molecule has 2 nitrogen and oxygen atoms in total. The van der Waals surface area contributed by atoms with Crippen molar-refractivity contribution in [2.75, 3.05) is 13.1 Å². The summed E-state index contributed by atoms with van der Waals surface area (Å²) in [5.41, 5.74) is 7.85. The van der Waals surface area contributed by atoms with Gasteiger partial charge < -0.3 is 5.73 Å². The molecule has 0 atom stereocenters. The average molecular weight is 206 g/mol. The second-order valence-electron chi connectivity index (χ2n) is 3.69. The van der Waals surface area contributed by atoms with E-state index < -0.39 is 0 Å². The van der Waals surface area contributed by atoms with E-state index in [1.807, 2.05) is 12.1 Å². The maximum atomic E-state index is 5.58. The van der Waals surface area contributed by atoms with Crippen LogP contribution in [-0.4, -0.2) is 23.0 Å². The Morgan fingerprint density at radius 2 is 2.21 bits per heavy atom. The van der Waals surface area contributed by atoms with Crippen molar-refractivity contribution in [1.29, 1.82) is 0 Å². The lowest BCUT2D eigenvalue weighted by Gasteiger charge is -2.30. The quantitative estimate of drug-likeness (QED) is 0.760. The van der Waals surface area contributed by atoms with Gasteiger partial charge in [-0.3, -0.25) is 4.90 Å². The largest absolute Gasteiger partial charge is 0.389 e. The zero-order valence-corrected chi connectivity index (χ0v) is 8.89. The molecule has 1 aromatic carbocycles. The fraction of sp³-hybridized carbons (Fsp3) is 0.364. The van der Waals surface area contributed by atoms with Gasteiger partial charge in [0, 0.05) is 12.1 Å². The molecule has 1 fully saturated rings. The van der Waals surface area contributed by atoms with Gasteiger partial charge in [0.1, 0.15) is 4.99 Å². The van der Waals surface area contributed by atoms with Crippen LogP contribution >= 0.6 is 12.2 Å². The molecule has 0 unspecified atom stereocenters. The van der Waals surface area contributed by atoms with Crippen molar-refractivity contribution >= 4 is 17.2 Å². The number of nitrogens with two attached hydrogens (primary N) is 1. The molecular weight excluding hydrogens is 192 g/mol. The Morgan fingerprint density at radius 3 is 2.79 bits per heavy atom. The van der Waals surface area contributed by atoms with Gasteiger partial charge >= 0.3 is 0 Å². The van der Waals surface area contributed by atoms with Gasteiger partial charge in [-0.25, -0.2) is 0 Å². The summed E-state index contributed by atoms with van der Waals surface area (Å²) < 4.78 is 0. The van der Waals surface area contributed by atoms with Crippen molar-refractivity contribution in [1.82, 2.24) is 4.90 Å². The van der Waals surface area contributed by atoms with Crippen LogP contribution in [0.15, 0.2) is 24.3 Å². The van der Waals surface area contributed by atoms with Gasteiger partial charge in [0.15, 0.2) is 0 Å². The number of rotatable bonds is 3. The van der Waals surface area contributed by atoms with E-state index in [0.717, 1.165) is 12.1 Å². The second-order valence-corrected chi connectivity index (χ2v) is 4.13. The van der Waals surface area contributed by atoms with Crippen LogP contribution < -0.4 is 5.73 Å². The molecule has 0 aliphatic carbocycles. The molecule has 0 spiro atoms. The molecule has 14 heavy (non-hydrogen) atoms. The molecule has 1 saturated heterocycles. The summed E-state index contributed by atoms with van der Waals surface area (Å²) in [6.07, 6.45) is 1.33. The van der Waals surface area contributed by atoms with Crippen LogP contribution in [0.5, 0.6) is 0 Å². The third-order valence-corrected chi connectivity index (χ3v) is 2.80. The fourth-order valence-corrected chi connectivity index (χ4v) is 1.75. The zero-order chi connectivity index (χ0) is 9.97. The fourth-order valence-electron chi connectivity index (χ4n) is 1.62. The lowest BCUT2D eigenvalue weighted by atomic mass is 10.1. The minimum atomic E-state index is 0.482. The summed E-state index contributed by atoms with van der Waals surface area (Å²) in [5.74, 6) is 0. The molecule has 0 radical (unpaired) electrons. The smallest absolute Gasteiger partial charge is 0.103 e. The number of thiocarbonyl (C=S) groups is 1. The lowest BCUT2D eigenvalue weighted by Crippen LogP contribution is -2.36. The topological polar surface area (TPSA) is 29.3 Å². The van der Waals surface area contributed by atoms with Crippen LogP contribution in [0.4, 0.5) is 0 Å². The summed E-state index contributed by atoms with van der Waals surface area (Å²) >= 11 is 4.94. The SMILES string of the molecule is NC(=S)c1cccc(CN2CCC2)c1. The van der Waals surface area contributed by atoms with Crippen molar-refractivity contribution < 1.29 is 0 Å². The van der Waals surface area contributed by atoms with Crippen molar-refractivity contribution in [3.63, 3.8) is 0 Å². The summed E-state index contributed by atoms with van der Waals surface area (Å²) in [4.78, 5) is 2.90. The molecule has 1 aliphatic rings. The van der Waals surface area contributed by atoms with Gasteiger partial charge in [-0.05, 0) is 31.1 Å². The van der Waals surface area contributed by atoms with Crippen LogP contribution in [0, 0.1) is 0 Å². The third kappa shape index (κ3) is 2.11. The van der Waals surface area contributed by atoms with Crippen LogP contribution in [0.25, 0.3) is 0 Å². The highest BCUT2D eigenvalue weighted by atomic mass is 32.1. The van der Waals surface area contributed by atoms with Crippen LogP contribution in [0.3, 0.4) is 0 Å². The number of nitrogens with zero attached hydrogens (tertiary/aromatic N) is 1. The van der Waals surface area contributed by atoms with E-state index in [4.69, 9.17) is 18.0 Å². The normalized spacial score (nSPS) is 16.3. The molecule has 2 rings (SSSR count). The van der Waals surface area contributed by atoms with Crippen LogP contribution in [-0.2, 0) is 6.54 Å². The molecule has 1 aromatic rings. The maximum absolute atomic E-state index is 5.58. The van der Waals surface area contributed by atoms with E-state index in [1.165, 1.54) is 25.1 Å². The summed E-state index contributed by atoms with van der Waals surface area (Å²) in [7, 11) is 0. The van der Waals surface area contributed by atoms with Crippen molar-refractivity contribution in [2.45, 2.75) is 13.0 Å². The van der Waals surface area contributed by atoms with E-state index in [2.05, 4.69) is 17.0 Å². The molecule has 0 saturated carbocycles. The highest BCUT2D eigenvalue weighted by molar-refractivity contribution is 7.80. The first-order valence-electron chi connectivity index (χ1n) is 4.87. The molecule has 2 N–H and O–H groups in total. The summed E-state index contributed by atoms with van der Waals surface area (Å²) in [6, 6.07) is 8.19. The molecule has 3 heteroatoms. The van der Waals surface area contributed by atoms with E-state index in [1.54, 1.807) is 0 Å². The van der Waals surface area contributed by atoms with E-state index in [-0.39, 0.29) is 0 Å². The lowest BCUT2D eigenvalue weighted by molar-refractivity contribution is 0.172. The maximum Gasteiger partial charge on any atom is 0.103 e. The minimum absolute atomic E-state index is 0.482. The molecule has 1 heterocycles. The Kier molecular flexibility index (Phi) is 2.79. The highest BCUT2D eigenvalue weighted by Crippen LogP contribution is 2.13. The van der Waals surface area contributed by atoms with Crippen LogP contribution in [0.2, 0.25) is 0 Å².